The fourth-order valence-corrected chi connectivity index (χ4v) is 12.7. The lowest BCUT2D eigenvalue weighted by Gasteiger charge is -2.51. The maximum absolute atomic E-state index is 15.4. The molecule has 13 nitrogen and oxygen atoms in total. The molecule has 3 unspecified atom stereocenters. The van der Waals surface area contributed by atoms with Crippen molar-refractivity contribution >= 4 is 69.6 Å². The lowest BCUT2D eigenvalue weighted by molar-refractivity contribution is -0.386. The van der Waals surface area contributed by atoms with Crippen LogP contribution in [0.3, 0.4) is 0 Å². The Hall–Kier alpha value is -7.15. The molecule has 1 saturated heterocycles. The highest BCUT2D eigenvalue weighted by atomic mass is 32.1. The zero-order valence-electron chi connectivity index (χ0n) is 32.4. The molecule has 1 N–H and O–H groups in total. The van der Waals surface area contributed by atoms with Gasteiger partial charge in [0.25, 0.3) is 23.1 Å². The summed E-state index contributed by atoms with van der Waals surface area (Å²) in [6.07, 6.45) is -0.996. The van der Waals surface area contributed by atoms with E-state index in [0.717, 1.165) is 15.9 Å². The summed E-state index contributed by atoms with van der Waals surface area (Å²) in [4.78, 5) is 68.3. The van der Waals surface area contributed by atoms with E-state index in [1.165, 1.54) is 41.3 Å². The van der Waals surface area contributed by atoms with Gasteiger partial charge in [-0.2, -0.15) is 0 Å². The highest BCUT2D eigenvalue weighted by Gasteiger charge is 2.66. The van der Waals surface area contributed by atoms with Crippen LogP contribution in [0.1, 0.15) is 23.1 Å². The molecule has 306 valence electrons. The van der Waals surface area contributed by atoms with Crippen molar-refractivity contribution in [2.24, 2.45) is 0 Å². The van der Waals surface area contributed by atoms with Gasteiger partial charge in [-0.25, -0.2) is 9.59 Å². The Morgan fingerprint density at radius 2 is 1.05 bits per heavy atom. The molecule has 7 rings (SSSR count). The van der Waals surface area contributed by atoms with Gasteiger partial charge < -0.3 is 14.8 Å². The van der Waals surface area contributed by atoms with Crippen LogP contribution in [0, 0.1) is 20.2 Å². The molecule has 1 aliphatic rings. The number of nitrogens with zero attached hydrogens (tertiary/aromatic N) is 3. The molecule has 0 radical (unpaired) electrons. The second-order valence-electron chi connectivity index (χ2n) is 14.0. The van der Waals surface area contributed by atoms with Crippen LogP contribution in [0.5, 0.6) is 0 Å². The first kappa shape index (κ1) is 42.0. The van der Waals surface area contributed by atoms with Crippen LogP contribution < -0.4 is 21.2 Å². The van der Waals surface area contributed by atoms with Crippen LogP contribution in [0.15, 0.2) is 170 Å². The van der Waals surface area contributed by atoms with Gasteiger partial charge in [0, 0.05) is 23.4 Å². The molecule has 0 bridgehead atoms. The van der Waals surface area contributed by atoms with Gasteiger partial charge in [-0.1, -0.05) is 121 Å². The Bertz CT molecular complexity index is 2470. The number of thiocarbonyl (C=S) groups is 1. The molecule has 6 aromatic rings. The molecule has 0 aliphatic carbocycles. The maximum Gasteiger partial charge on any atom is 0.408 e. The Morgan fingerprint density at radius 1 is 0.639 bits per heavy atom. The number of amides is 2. The highest BCUT2D eigenvalue weighted by Crippen LogP contribution is 2.62. The molecule has 6 aromatic carbocycles. The van der Waals surface area contributed by atoms with E-state index in [0.29, 0.717) is 10.4 Å². The molecule has 0 aromatic heterocycles. The molecular weight excluding hydrogens is 816 g/mol. The van der Waals surface area contributed by atoms with E-state index in [9.17, 15) is 29.8 Å². The van der Waals surface area contributed by atoms with Crippen molar-refractivity contribution in [2.45, 2.75) is 37.5 Å². The first-order valence-corrected chi connectivity index (χ1v) is 21.4. The first-order chi connectivity index (χ1) is 29.6. The van der Waals surface area contributed by atoms with Crippen LogP contribution >= 0.6 is 19.5 Å². The minimum atomic E-state index is -3.37. The van der Waals surface area contributed by atoms with Gasteiger partial charge in [0.1, 0.15) is 42.4 Å². The number of benzene rings is 6. The molecule has 3 atom stereocenters. The zero-order chi connectivity index (χ0) is 42.9. The minimum absolute atomic E-state index is 0.0203. The van der Waals surface area contributed by atoms with Crippen LogP contribution in [0.4, 0.5) is 16.2 Å². The average molecular weight is 854 g/mol. The molecule has 61 heavy (non-hydrogen) atoms. The number of carbonyl (C=O) groups excluding carboxylic acids is 3. The quantitative estimate of drug-likeness (QED) is 0.0200. The molecule has 0 saturated carbocycles. The number of nitro groups is 2. The summed E-state index contributed by atoms with van der Waals surface area (Å²) in [5, 5.41) is 28.5. The monoisotopic (exact) mass is 853 g/mol. The molecular formula is C46H38N4O9PS+. The summed E-state index contributed by atoms with van der Waals surface area (Å²) in [6.45, 7) is -0.925. The van der Waals surface area contributed by atoms with Gasteiger partial charge in [0.2, 0.25) is 0 Å². The lowest BCUT2D eigenvalue weighted by atomic mass is 9.89. The third-order valence-corrected chi connectivity index (χ3v) is 15.4. The van der Waals surface area contributed by atoms with Crippen molar-refractivity contribution in [3.63, 3.8) is 0 Å². The van der Waals surface area contributed by atoms with Crippen molar-refractivity contribution in [1.29, 1.82) is 0 Å². The van der Waals surface area contributed by atoms with Gasteiger partial charge in [0.15, 0.2) is 0 Å². The largest absolute Gasteiger partial charge is 0.456 e. The Kier molecular flexibility index (Phi) is 13.0. The number of nitrogens with one attached hydrogen (secondary N) is 1. The molecule has 1 fully saturated rings. The number of nitro benzene ring substituents is 2. The van der Waals surface area contributed by atoms with Crippen LogP contribution in [-0.4, -0.2) is 55.4 Å². The van der Waals surface area contributed by atoms with Crippen molar-refractivity contribution in [3.05, 3.63) is 207 Å². The predicted molar refractivity (Wildman–Crippen MR) is 235 cm³/mol. The van der Waals surface area contributed by atoms with Crippen LogP contribution in [0.25, 0.3) is 0 Å². The summed E-state index contributed by atoms with van der Waals surface area (Å²) in [5.74, 6) is -2.85. The van der Waals surface area contributed by atoms with Crippen LogP contribution in [0.2, 0.25) is 0 Å². The van der Waals surface area contributed by atoms with Crippen molar-refractivity contribution in [1.82, 2.24) is 10.2 Å². The molecule has 15 heteroatoms. The molecule has 0 spiro atoms. The molecule has 2 amide bonds. The maximum atomic E-state index is 15.4. The standard InChI is InChI=1S/C46H37N4O9PS/c51-43-42(47-46(53)59-31-34-20-14-16-28-39(34)50(56)57)40(29-41(61)32-17-5-1-6-18-32)48(43)44(45(52)58-30-33-19-13-15-27-38(33)49(54)55)60(35-21-7-2-8-22-35,36-23-9-3-10-24-36)37-25-11-4-12-26-37/h1-28,40,42,44H,29-31H2/p+1. The van der Waals surface area contributed by atoms with E-state index >= 15 is 4.79 Å². The third kappa shape index (κ3) is 8.77. The number of hydrogen-bond donors (Lipinski definition) is 1. The normalized spacial score (nSPS) is 15.1. The number of para-hydroxylation sites is 2. The predicted octanol–water partition coefficient (Wildman–Crippen LogP) is 7.18. The van der Waals surface area contributed by atoms with Crippen molar-refractivity contribution in [3.8, 4) is 0 Å². The molecule has 1 heterocycles. The van der Waals surface area contributed by atoms with E-state index < -0.39 is 66.2 Å². The van der Waals surface area contributed by atoms with E-state index in [2.05, 4.69) is 5.32 Å². The van der Waals surface area contributed by atoms with E-state index in [4.69, 9.17) is 21.7 Å². The number of hydrogen-bond acceptors (Lipinski definition) is 10. The van der Waals surface area contributed by atoms with Crippen molar-refractivity contribution in [2.75, 3.05) is 0 Å². The van der Waals surface area contributed by atoms with Gasteiger partial charge >= 0.3 is 12.1 Å². The van der Waals surface area contributed by atoms with Crippen LogP contribution in [-0.2, 0) is 32.3 Å². The number of ether oxygens (including phenoxy) is 2. The minimum Gasteiger partial charge on any atom is -0.456 e. The number of carbonyl (C=O) groups is 3. The lowest BCUT2D eigenvalue weighted by Crippen LogP contribution is -2.75. The Labute approximate surface area is 356 Å². The smallest absolute Gasteiger partial charge is 0.408 e. The second-order valence-corrected chi connectivity index (χ2v) is 18.0. The first-order valence-electron chi connectivity index (χ1n) is 19.1. The average Bonchev–Trinajstić information content (AvgIpc) is 3.30. The number of alkyl carbamates (subject to hydrolysis) is 1. The number of β-lactam (4-membered cyclic amide) rings is 1. The number of rotatable bonds is 16. The summed E-state index contributed by atoms with van der Waals surface area (Å²) < 4.78 is 11.6. The fourth-order valence-electron chi connectivity index (χ4n) is 7.65. The fraction of sp³-hybridized carbons (Fsp3) is 0.130. The topological polar surface area (TPSA) is 171 Å². The SMILES string of the molecule is O=C(NC1C(=O)N(C(C(=O)OCc2ccccc2[N+](=O)[O-])[P+](c2ccccc2)(c2ccccc2)c2ccccc2)C1CC(=S)c1ccccc1)OCc1ccccc1[N+](=O)[O-]. The van der Waals surface area contributed by atoms with Gasteiger partial charge in [-0.05, 0) is 54.1 Å². The second kappa shape index (κ2) is 18.8. The number of likely N-dealkylation sites (tertiary alicyclic amines) is 1. The Morgan fingerprint density at radius 3 is 1.51 bits per heavy atom. The summed E-state index contributed by atoms with van der Waals surface area (Å²) >= 11 is 5.97. The van der Waals surface area contributed by atoms with Crippen molar-refractivity contribution < 1.29 is 33.7 Å². The molecule has 1 aliphatic heterocycles. The zero-order valence-corrected chi connectivity index (χ0v) is 34.1. The Balaban J connectivity index is 1.36. The van der Waals surface area contributed by atoms with E-state index in [1.54, 1.807) is 12.1 Å². The summed E-state index contributed by atoms with van der Waals surface area (Å²) in [7, 11) is -3.37. The van der Waals surface area contributed by atoms with Gasteiger partial charge in [-0.15, -0.1) is 0 Å². The van der Waals surface area contributed by atoms with E-state index in [1.807, 2.05) is 121 Å². The highest BCUT2D eigenvalue weighted by molar-refractivity contribution is 7.96. The summed E-state index contributed by atoms with van der Waals surface area (Å²) in [6, 6.07) is 46.8. The van der Waals surface area contributed by atoms with Gasteiger partial charge in [-0.3, -0.25) is 29.9 Å². The third-order valence-electron chi connectivity index (χ3n) is 10.5. The summed E-state index contributed by atoms with van der Waals surface area (Å²) in [5.41, 5.74) is 0.519. The van der Waals surface area contributed by atoms with Gasteiger partial charge in [0.05, 0.1) is 27.0 Å². The van der Waals surface area contributed by atoms with E-state index in [-0.39, 0.29) is 28.9 Å². The number of esters is 1.